The van der Waals surface area contributed by atoms with E-state index in [4.69, 9.17) is 9.52 Å². The van der Waals surface area contributed by atoms with Crippen molar-refractivity contribution in [3.05, 3.63) is 46.6 Å². The first-order valence-electron chi connectivity index (χ1n) is 4.24. The molecule has 0 fully saturated rings. The lowest BCUT2D eigenvalue weighted by molar-refractivity contribution is 0.0696. The second-order valence-electron chi connectivity index (χ2n) is 3.01. The first kappa shape index (κ1) is 9.98. The Labute approximate surface area is 94.5 Å². The minimum atomic E-state index is -0.984. The molecule has 0 saturated heterocycles. The normalized spacial score (nSPS) is 10.2. The highest BCUT2D eigenvalue weighted by Crippen LogP contribution is 2.23. The van der Waals surface area contributed by atoms with Gasteiger partial charge in [0.25, 0.3) is 0 Å². The summed E-state index contributed by atoms with van der Waals surface area (Å²) in [4.78, 5) is 10.6. The number of carbonyl (C=O) groups is 1. The Morgan fingerprint density at radius 1 is 1.27 bits per heavy atom. The molecule has 0 aliphatic heterocycles. The predicted octanol–water partition coefficient (Wildman–Crippen LogP) is 3.41. The van der Waals surface area contributed by atoms with Gasteiger partial charge in [0.2, 0.25) is 0 Å². The average molecular weight is 267 g/mol. The van der Waals surface area contributed by atoms with Gasteiger partial charge in [0.15, 0.2) is 0 Å². The molecular formula is C11H7BrO3. The Bertz CT molecular complexity index is 485. The van der Waals surface area contributed by atoms with E-state index in [1.807, 2.05) is 24.3 Å². The third kappa shape index (κ3) is 2.10. The standard InChI is InChI=1S/C11H7BrO3/c12-9-3-1-7(2-4-9)10-5-8(6-15-10)11(13)14/h1-6H,(H,13,14). The maximum atomic E-state index is 10.6. The van der Waals surface area contributed by atoms with Gasteiger partial charge in [-0.2, -0.15) is 0 Å². The van der Waals surface area contributed by atoms with Crippen LogP contribution in [0.15, 0.2) is 45.5 Å². The molecule has 0 spiro atoms. The Balaban J connectivity index is 2.37. The summed E-state index contributed by atoms with van der Waals surface area (Å²) in [5.41, 5.74) is 1.01. The largest absolute Gasteiger partial charge is 0.478 e. The van der Waals surface area contributed by atoms with E-state index in [1.54, 1.807) is 0 Å². The molecule has 1 aromatic heterocycles. The number of carboxylic acids is 1. The predicted molar refractivity (Wildman–Crippen MR) is 58.8 cm³/mol. The molecule has 0 unspecified atom stereocenters. The molecule has 1 aromatic carbocycles. The fourth-order valence-corrected chi connectivity index (χ4v) is 1.48. The zero-order valence-corrected chi connectivity index (χ0v) is 9.19. The van der Waals surface area contributed by atoms with Gasteiger partial charge in [0.1, 0.15) is 12.0 Å². The SMILES string of the molecule is O=C(O)c1coc(-c2ccc(Br)cc2)c1. The summed E-state index contributed by atoms with van der Waals surface area (Å²) in [6.07, 6.45) is 1.24. The van der Waals surface area contributed by atoms with Crippen molar-refractivity contribution < 1.29 is 14.3 Å². The molecule has 2 aromatic rings. The van der Waals surface area contributed by atoms with Crippen LogP contribution in [0.2, 0.25) is 0 Å². The second-order valence-corrected chi connectivity index (χ2v) is 3.93. The van der Waals surface area contributed by atoms with E-state index >= 15 is 0 Å². The highest BCUT2D eigenvalue weighted by molar-refractivity contribution is 9.10. The van der Waals surface area contributed by atoms with Crippen molar-refractivity contribution in [1.82, 2.24) is 0 Å². The van der Waals surface area contributed by atoms with Crippen LogP contribution in [-0.2, 0) is 0 Å². The number of hydrogen-bond donors (Lipinski definition) is 1. The van der Waals surface area contributed by atoms with Crippen molar-refractivity contribution in [1.29, 1.82) is 0 Å². The van der Waals surface area contributed by atoms with Crippen molar-refractivity contribution in [2.45, 2.75) is 0 Å². The lowest BCUT2D eigenvalue weighted by Crippen LogP contribution is -1.91. The van der Waals surface area contributed by atoms with E-state index in [1.165, 1.54) is 12.3 Å². The molecule has 0 saturated carbocycles. The van der Waals surface area contributed by atoms with Crippen LogP contribution < -0.4 is 0 Å². The Kier molecular flexibility index (Phi) is 2.60. The summed E-state index contributed by atoms with van der Waals surface area (Å²) in [5.74, 6) is -0.429. The second kappa shape index (κ2) is 3.90. The summed E-state index contributed by atoms with van der Waals surface area (Å²) < 4.78 is 6.12. The summed E-state index contributed by atoms with van der Waals surface area (Å²) in [5, 5.41) is 8.72. The molecule has 1 heterocycles. The third-order valence-corrected chi connectivity index (χ3v) is 2.50. The maximum absolute atomic E-state index is 10.6. The van der Waals surface area contributed by atoms with Crippen molar-refractivity contribution in [3.8, 4) is 11.3 Å². The lowest BCUT2D eigenvalue weighted by atomic mass is 10.1. The van der Waals surface area contributed by atoms with E-state index < -0.39 is 5.97 Å². The monoisotopic (exact) mass is 266 g/mol. The van der Waals surface area contributed by atoms with Crippen LogP contribution in [0, 0.1) is 0 Å². The van der Waals surface area contributed by atoms with Gasteiger partial charge in [-0.1, -0.05) is 28.1 Å². The fourth-order valence-electron chi connectivity index (χ4n) is 1.21. The van der Waals surface area contributed by atoms with Crippen LogP contribution in [0.4, 0.5) is 0 Å². The van der Waals surface area contributed by atoms with E-state index in [0.717, 1.165) is 10.0 Å². The Morgan fingerprint density at radius 3 is 2.47 bits per heavy atom. The van der Waals surface area contributed by atoms with Gasteiger partial charge < -0.3 is 9.52 Å². The van der Waals surface area contributed by atoms with Gasteiger partial charge in [0.05, 0.1) is 5.56 Å². The van der Waals surface area contributed by atoms with Crippen LogP contribution in [0.1, 0.15) is 10.4 Å². The Hall–Kier alpha value is -1.55. The van der Waals surface area contributed by atoms with Crippen LogP contribution in [0.3, 0.4) is 0 Å². The number of aromatic carboxylic acids is 1. The molecule has 0 aliphatic rings. The number of furan rings is 1. The summed E-state index contributed by atoms with van der Waals surface area (Å²) in [6, 6.07) is 8.96. The molecule has 0 bridgehead atoms. The number of carboxylic acid groups (broad SMARTS) is 1. The number of rotatable bonds is 2. The van der Waals surface area contributed by atoms with Gasteiger partial charge in [-0.15, -0.1) is 0 Å². The minimum Gasteiger partial charge on any atom is -0.478 e. The molecule has 3 nitrogen and oxygen atoms in total. The van der Waals surface area contributed by atoms with Crippen molar-refractivity contribution in [3.63, 3.8) is 0 Å². The zero-order valence-electron chi connectivity index (χ0n) is 7.61. The summed E-state index contributed by atoms with van der Waals surface area (Å²) in [7, 11) is 0. The van der Waals surface area contributed by atoms with E-state index in [0.29, 0.717) is 5.76 Å². The molecule has 0 atom stereocenters. The molecular weight excluding hydrogens is 260 g/mol. The highest BCUT2D eigenvalue weighted by atomic mass is 79.9. The maximum Gasteiger partial charge on any atom is 0.338 e. The van der Waals surface area contributed by atoms with Crippen LogP contribution in [0.25, 0.3) is 11.3 Å². The van der Waals surface area contributed by atoms with Gasteiger partial charge >= 0.3 is 5.97 Å². The molecule has 2 rings (SSSR count). The van der Waals surface area contributed by atoms with Crippen molar-refractivity contribution >= 4 is 21.9 Å². The molecule has 0 radical (unpaired) electrons. The van der Waals surface area contributed by atoms with E-state index in [9.17, 15) is 4.79 Å². The number of benzene rings is 1. The van der Waals surface area contributed by atoms with Gasteiger partial charge in [-0.05, 0) is 18.2 Å². The van der Waals surface area contributed by atoms with E-state index in [-0.39, 0.29) is 5.56 Å². The third-order valence-electron chi connectivity index (χ3n) is 1.98. The first-order chi connectivity index (χ1) is 7.16. The fraction of sp³-hybridized carbons (Fsp3) is 0. The quantitative estimate of drug-likeness (QED) is 0.907. The van der Waals surface area contributed by atoms with Crippen molar-refractivity contribution in [2.75, 3.05) is 0 Å². The molecule has 4 heteroatoms. The average Bonchev–Trinajstić information content (AvgIpc) is 2.68. The number of hydrogen-bond acceptors (Lipinski definition) is 2. The lowest BCUT2D eigenvalue weighted by Gasteiger charge is -1.95. The first-order valence-corrected chi connectivity index (χ1v) is 5.04. The van der Waals surface area contributed by atoms with Crippen LogP contribution in [0.5, 0.6) is 0 Å². The van der Waals surface area contributed by atoms with Gasteiger partial charge in [0, 0.05) is 10.0 Å². The summed E-state index contributed by atoms with van der Waals surface area (Å²) >= 11 is 3.32. The smallest absolute Gasteiger partial charge is 0.338 e. The summed E-state index contributed by atoms with van der Waals surface area (Å²) in [6.45, 7) is 0. The molecule has 76 valence electrons. The Morgan fingerprint density at radius 2 is 1.93 bits per heavy atom. The highest BCUT2D eigenvalue weighted by Gasteiger charge is 2.09. The molecule has 15 heavy (non-hydrogen) atoms. The molecule has 0 amide bonds. The molecule has 0 aliphatic carbocycles. The zero-order chi connectivity index (χ0) is 10.8. The van der Waals surface area contributed by atoms with Gasteiger partial charge in [-0.3, -0.25) is 0 Å². The number of halogens is 1. The van der Waals surface area contributed by atoms with E-state index in [2.05, 4.69) is 15.9 Å². The van der Waals surface area contributed by atoms with Crippen molar-refractivity contribution in [2.24, 2.45) is 0 Å². The minimum absolute atomic E-state index is 0.160. The van der Waals surface area contributed by atoms with Crippen LogP contribution >= 0.6 is 15.9 Å². The van der Waals surface area contributed by atoms with Crippen LogP contribution in [-0.4, -0.2) is 11.1 Å². The molecule has 1 N–H and O–H groups in total. The topological polar surface area (TPSA) is 50.4 Å². The van der Waals surface area contributed by atoms with Gasteiger partial charge in [-0.25, -0.2) is 4.79 Å².